The van der Waals surface area contributed by atoms with Gasteiger partial charge in [0.15, 0.2) is 12.4 Å². The van der Waals surface area contributed by atoms with E-state index in [2.05, 4.69) is 0 Å². The maximum Gasteiger partial charge on any atom is 0.308 e. The average molecular weight is 319 g/mol. The first-order chi connectivity index (χ1) is 10.9. The summed E-state index contributed by atoms with van der Waals surface area (Å²) in [6, 6.07) is 6.30. The number of amides is 1. The summed E-state index contributed by atoms with van der Waals surface area (Å²) in [6.45, 7) is 3.59. The predicted molar refractivity (Wildman–Crippen MR) is 83.5 cm³/mol. The van der Waals surface area contributed by atoms with Crippen LogP contribution in [0.25, 0.3) is 0 Å². The summed E-state index contributed by atoms with van der Waals surface area (Å²) >= 11 is 0. The zero-order valence-electron chi connectivity index (χ0n) is 13.3. The minimum absolute atomic E-state index is 0.0734. The van der Waals surface area contributed by atoms with E-state index >= 15 is 0 Å². The van der Waals surface area contributed by atoms with Gasteiger partial charge < -0.3 is 14.7 Å². The van der Waals surface area contributed by atoms with Crippen molar-refractivity contribution in [3.05, 3.63) is 29.8 Å². The quantitative estimate of drug-likeness (QED) is 0.839. The lowest BCUT2D eigenvalue weighted by Gasteiger charge is -2.37. The van der Waals surface area contributed by atoms with Crippen molar-refractivity contribution >= 4 is 17.7 Å². The summed E-state index contributed by atoms with van der Waals surface area (Å²) < 4.78 is 5.47. The molecule has 2 atom stereocenters. The van der Waals surface area contributed by atoms with E-state index in [1.54, 1.807) is 36.1 Å². The standard InChI is InChI=1S/C17H21NO5/c1-11-15(17(21)22)7-4-8-18(11)16(20)10-23-14-6-3-5-13(9-14)12(2)19/h3,5-6,9,11,15H,4,7-8,10H2,1-2H3,(H,21,22)/t11-,15-/m1/s1. The number of rotatable bonds is 5. The molecule has 1 aromatic carbocycles. The molecule has 1 heterocycles. The number of ether oxygens (including phenoxy) is 1. The molecular weight excluding hydrogens is 298 g/mol. The molecule has 0 unspecified atom stereocenters. The van der Waals surface area contributed by atoms with E-state index in [0.717, 1.165) is 0 Å². The number of piperidine rings is 1. The van der Waals surface area contributed by atoms with Crippen molar-refractivity contribution in [2.24, 2.45) is 5.92 Å². The van der Waals surface area contributed by atoms with Crippen molar-refractivity contribution in [3.63, 3.8) is 0 Å². The molecule has 0 saturated carbocycles. The predicted octanol–water partition coefficient (Wildman–Crippen LogP) is 1.98. The van der Waals surface area contributed by atoms with Gasteiger partial charge >= 0.3 is 5.97 Å². The van der Waals surface area contributed by atoms with E-state index in [0.29, 0.717) is 30.7 Å². The largest absolute Gasteiger partial charge is 0.484 e. The Labute approximate surface area is 135 Å². The van der Waals surface area contributed by atoms with Gasteiger partial charge in [-0.2, -0.15) is 0 Å². The highest BCUT2D eigenvalue weighted by molar-refractivity contribution is 5.94. The number of carboxylic acids is 1. The number of benzene rings is 1. The number of ketones is 1. The topological polar surface area (TPSA) is 83.9 Å². The molecule has 1 aliphatic heterocycles. The van der Waals surface area contributed by atoms with Crippen molar-refractivity contribution in [2.75, 3.05) is 13.2 Å². The third-order valence-electron chi connectivity index (χ3n) is 4.23. The summed E-state index contributed by atoms with van der Waals surface area (Å²) in [4.78, 5) is 36.4. The molecule has 1 fully saturated rings. The zero-order chi connectivity index (χ0) is 17.0. The van der Waals surface area contributed by atoms with Gasteiger partial charge in [0, 0.05) is 18.2 Å². The van der Waals surface area contributed by atoms with Gasteiger partial charge in [-0.1, -0.05) is 12.1 Å². The van der Waals surface area contributed by atoms with Crippen LogP contribution in [0.2, 0.25) is 0 Å². The highest BCUT2D eigenvalue weighted by Gasteiger charge is 2.35. The van der Waals surface area contributed by atoms with Crippen LogP contribution in [0.3, 0.4) is 0 Å². The molecule has 2 rings (SSSR count). The smallest absolute Gasteiger partial charge is 0.308 e. The van der Waals surface area contributed by atoms with Crippen molar-refractivity contribution in [1.82, 2.24) is 4.90 Å². The number of aliphatic carboxylic acids is 1. The normalized spacial score (nSPS) is 20.9. The molecule has 124 valence electrons. The molecule has 1 saturated heterocycles. The Morgan fingerprint density at radius 1 is 1.35 bits per heavy atom. The molecule has 6 heteroatoms. The molecule has 1 aliphatic rings. The molecule has 0 spiro atoms. The van der Waals surface area contributed by atoms with Gasteiger partial charge in [0.1, 0.15) is 5.75 Å². The van der Waals surface area contributed by atoms with Crippen LogP contribution in [0.4, 0.5) is 0 Å². The zero-order valence-corrected chi connectivity index (χ0v) is 13.3. The first-order valence-electron chi connectivity index (χ1n) is 7.66. The lowest BCUT2D eigenvalue weighted by Crippen LogP contribution is -2.50. The van der Waals surface area contributed by atoms with E-state index in [1.165, 1.54) is 6.92 Å². The van der Waals surface area contributed by atoms with E-state index in [1.807, 2.05) is 0 Å². The van der Waals surface area contributed by atoms with Gasteiger partial charge in [0.2, 0.25) is 0 Å². The number of nitrogens with zero attached hydrogens (tertiary/aromatic N) is 1. The second-order valence-electron chi connectivity index (χ2n) is 5.79. The molecule has 0 aromatic heterocycles. The molecule has 0 radical (unpaired) electrons. The van der Waals surface area contributed by atoms with Crippen LogP contribution in [0, 0.1) is 5.92 Å². The third-order valence-corrected chi connectivity index (χ3v) is 4.23. The number of Topliss-reactive ketones (excluding diaryl/α,β-unsaturated/α-hetero) is 1. The monoisotopic (exact) mass is 319 g/mol. The van der Waals surface area contributed by atoms with Gasteiger partial charge in [-0.05, 0) is 38.8 Å². The number of hydrogen-bond donors (Lipinski definition) is 1. The Morgan fingerprint density at radius 3 is 2.74 bits per heavy atom. The summed E-state index contributed by atoms with van der Waals surface area (Å²) in [7, 11) is 0. The third kappa shape index (κ3) is 4.09. The molecule has 1 amide bonds. The molecular formula is C17H21NO5. The number of hydrogen-bond acceptors (Lipinski definition) is 4. The van der Waals surface area contributed by atoms with E-state index in [4.69, 9.17) is 4.74 Å². The highest BCUT2D eigenvalue weighted by atomic mass is 16.5. The number of likely N-dealkylation sites (tertiary alicyclic amines) is 1. The highest BCUT2D eigenvalue weighted by Crippen LogP contribution is 2.24. The Balaban J connectivity index is 1.98. The Morgan fingerprint density at radius 2 is 2.09 bits per heavy atom. The second kappa shape index (κ2) is 7.26. The van der Waals surface area contributed by atoms with Crippen molar-refractivity contribution < 1.29 is 24.2 Å². The Hall–Kier alpha value is -2.37. The number of carboxylic acid groups (broad SMARTS) is 1. The molecule has 23 heavy (non-hydrogen) atoms. The fourth-order valence-electron chi connectivity index (χ4n) is 2.86. The minimum atomic E-state index is -0.870. The molecule has 0 aliphatic carbocycles. The lowest BCUT2D eigenvalue weighted by molar-refractivity contribution is -0.149. The average Bonchev–Trinajstić information content (AvgIpc) is 2.52. The van der Waals surface area contributed by atoms with Gasteiger partial charge in [-0.3, -0.25) is 14.4 Å². The van der Waals surface area contributed by atoms with Crippen LogP contribution in [0.1, 0.15) is 37.0 Å². The Bertz CT molecular complexity index is 613. The molecule has 0 bridgehead atoms. The fourth-order valence-corrected chi connectivity index (χ4v) is 2.86. The summed E-state index contributed by atoms with van der Waals surface area (Å²) in [5.41, 5.74) is 0.521. The second-order valence-corrected chi connectivity index (χ2v) is 5.79. The Kier molecular flexibility index (Phi) is 5.36. The van der Waals surface area contributed by atoms with Crippen molar-refractivity contribution in [2.45, 2.75) is 32.7 Å². The van der Waals surface area contributed by atoms with Crippen LogP contribution in [-0.2, 0) is 9.59 Å². The maximum absolute atomic E-state index is 12.3. The van der Waals surface area contributed by atoms with Gasteiger partial charge in [0.25, 0.3) is 5.91 Å². The summed E-state index contributed by atoms with van der Waals surface area (Å²) in [5, 5.41) is 9.20. The van der Waals surface area contributed by atoms with Gasteiger partial charge in [-0.15, -0.1) is 0 Å². The van der Waals surface area contributed by atoms with Crippen molar-refractivity contribution in [3.8, 4) is 5.75 Å². The van der Waals surface area contributed by atoms with Crippen molar-refractivity contribution in [1.29, 1.82) is 0 Å². The van der Waals surface area contributed by atoms with Gasteiger partial charge in [-0.25, -0.2) is 0 Å². The number of carbonyl (C=O) groups excluding carboxylic acids is 2. The fraction of sp³-hybridized carbons (Fsp3) is 0.471. The number of carbonyl (C=O) groups is 3. The van der Waals surface area contributed by atoms with E-state index in [9.17, 15) is 19.5 Å². The first-order valence-corrected chi connectivity index (χ1v) is 7.66. The van der Waals surface area contributed by atoms with Crippen LogP contribution >= 0.6 is 0 Å². The summed E-state index contributed by atoms with van der Waals surface area (Å²) in [5.74, 6) is -1.27. The SMILES string of the molecule is CC(=O)c1cccc(OCC(=O)N2CCC[C@@H](C(=O)O)[C@H]2C)c1. The first kappa shape index (κ1) is 17.0. The molecule has 6 nitrogen and oxygen atoms in total. The minimum Gasteiger partial charge on any atom is -0.484 e. The molecule has 1 aromatic rings. The van der Waals surface area contributed by atoms with E-state index < -0.39 is 11.9 Å². The maximum atomic E-state index is 12.3. The van der Waals surface area contributed by atoms with Crippen LogP contribution < -0.4 is 4.74 Å². The molecule has 1 N–H and O–H groups in total. The van der Waals surface area contributed by atoms with Crippen LogP contribution in [0.5, 0.6) is 5.75 Å². The summed E-state index contributed by atoms with van der Waals surface area (Å²) in [6.07, 6.45) is 1.26. The van der Waals surface area contributed by atoms with Crippen LogP contribution in [0.15, 0.2) is 24.3 Å². The van der Waals surface area contributed by atoms with E-state index in [-0.39, 0.29) is 24.3 Å². The van der Waals surface area contributed by atoms with Crippen LogP contribution in [-0.4, -0.2) is 46.9 Å². The lowest BCUT2D eigenvalue weighted by atomic mass is 9.90. The van der Waals surface area contributed by atoms with Gasteiger partial charge in [0.05, 0.1) is 5.92 Å².